The molecule has 0 N–H and O–H groups in total. The quantitative estimate of drug-likeness (QED) is 0.483. The number of pyridine rings is 1. The fourth-order valence-corrected chi connectivity index (χ4v) is 4.49. The second kappa shape index (κ2) is 9.73. The summed E-state index contributed by atoms with van der Waals surface area (Å²) in [5.41, 5.74) is 2.61. The zero-order chi connectivity index (χ0) is 24.5. The van der Waals surface area contributed by atoms with E-state index < -0.39 is 5.97 Å². The highest BCUT2D eigenvalue weighted by molar-refractivity contribution is 6.03. The van der Waals surface area contributed by atoms with Crippen molar-refractivity contribution in [2.45, 2.75) is 45.2 Å². The fraction of sp³-hybridized carbons (Fsp3) is 0.462. The lowest BCUT2D eigenvalue weighted by Gasteiger charge is -2.34. The summed E-state index contributed by atoms with van der Waals surface area (Å²) in [6.07, 6.45) is 3.76. The molecule has 0 bridgehead atoms. The minimum absolute atomic E-state index is 0.108. The van der Waals surface area contributed by atoms with Gasteiger partial charge in [-0.2, -0.15) is 5.10 Å². The molecule has 1 saturated carbocycles. The Morgan fingerprint density at radius 2 is 1.89 bits per heavy atom. The van der Waals surface area contributed by atoms with Crippen LogP contribution in [-0.4, -0.2) is 69.2 Å². The molecule has 1 aliphatic carbocycles. The average Bonchev–Trinajstić information content (AvgIpc) is 3.62. The minimum atomic E-state index is -0.533. The normalized spacial score (nSPS) is 16.7. The number of fused-ring (bicyclic) bond motifs is 1. The topological polar surface area (TPSA) is 80.6 Å². The molecule has 1 aliphatic heterocycles. The third kappa shape index (κ3) is 5.05. The Labute approximate surface area is 203 Å². The van der Waals surface area contributed by atoms with Crippen molar-refractivity contribution >= 4 is 22.9 Å². The van der Waals surface area contributed by atoms with E-state index >= 15 is 0 Å². The molecule has 0 atom stereocenters. The van der Waals surface area contributed by atoms with Crippen LogP contribution in [0.5, 0.6) is 0 Å². The van der Waals surface area contributed by atoms with E-state index in [1.54, 1.807) is 29.3 Å². The molecule has 2 aromatic heterocycles. The lowest BCUT2D eigenvalue weighted by molar-refractivity contribution is -0.136. The van der Waals surface area contributed by atoms with Crippen LogP contribution in [0.3, 0.4) is 0 Å². The van der Waals surface area contributed by atoms with Crippen molar-refractivity contribution < 1.29 is 18.7 Å². The molecule has 1 saturated heterocycles. The number of halogens is 1. The molecule has 0 spiro atoms. The molecule has 2 fully saturated rings. The summed E-state index contributed by atoms with van der Waals surface area (Å²) >= 11 is 0. The van der Waals surface area contributed by atoms with Crippen molar-refractivity contribution in [2.75, 3.05) is 32.8 Å². The first-order chi connectivity index (χ1) is 16.9. The van der Waals surface area contributed by atoms with E-state index in [0.29, 0.717) is 60.8 Å². The molecule has 9 heteroatoms. The van der Waals surface area contributed by atoms with Crippen LogP contribution >= 0.6 is 0 Å². The van der Waals surface area contributed by atoms with E-state index in [9.17, 15) is 14.0 Å². The maximum Gasteiger partial charge on any atom is 0.339 e. The first kappa shape index (κ1) is 23.4. The summed E-state index contributed by atoms with van der Waals surface area (Å²) in [5, 5.41) is 5.05. The molecule has 0 unspecified atom stereocenters. The maximum atomic E-state index is 13.9. The van der Waals surface area contributed by atoms with Crippen LogP contribution in [0.2, 0.25) is 0 Å². The van der Waals surface area contributed by atoms with Crippen molar-refractivity contribution in [1.82, 2.24) is 24.6 Å². The highest BCUT2D eigenvalue weighted by Crippen LogP contribution is 2.40. The van der Waals surface area contributed by atoms with Gasteiger partial charge in [-0.25, -0.2) is 18.9 Å². The summed E-state index contributed by atoms with van der Waals surface area (Å²) in [4.78, 5) is 34.3. The van der Waals surface area contributed by atoms with Crippen LogP contribution in [0.4, 0.5) is 4.39 Å². The highest BCUT2D eigenvalue weighted by Gasteiger charge is 2.29. The largest absolute Gasteiger partial charge is 0.452 e. The van der Waals surface area contributed by atoms with Gasteiger partial charge in [0.1, 0.15) is 5.82 Å². The number of esters is 1. The Morgan fingerprint density at radius 1 is 1.14 bits per heavy atom. The molecule has 8 nitrogen and oxygen atoms in total. The van der Waals surface area contributed by atoms with Crippen molar-refractivity contribution in [3.63, 3.8) is 0 Å². The van der Waals surface area contributed by atoms with E-state index in [-0.39, 0.29) is 24.4 Å². The first-order valence-electron chi connectivity index (χ1n) is 12.2. The second-order valence-electron chi connectivity index (χ2n) is 9.61. The Kier molecular flexibility index (Phi) is 6.51. The number of benzene rings is 1. The fourth-order valence-electron chi connectivity index (χ4n) is 4.49. The van der Waals surface area contributed by atoms with E-state index in [2.05, 4.69) is 10.00 Å². The number of hydrogen-bond donors (Lipinski definition) is 0. The van der Waals surface area contributed by atoms with Gasteiger partial charge in [0, 0.05) is 55.9 Å². The van der Waals surface area contributed by atoms with Crippen LogP contribution < -0.4 is 0 Å². The van der Waals surface area contributed by atoms with Gasteiger partial charge >= 0.3 is 5.97 Å². The molecule has 0 radical (unpaired) electrons. The predicted octanol–water partition coefficient (Wildman–Crippen LogP) is 3.53. The molecule has 5 rings (SSSR count). The summed E-state index contributed by atoms with van der Waals surface area (Å²) in [7, 11) is 0. The summed E-state index contributed by atoms with van der Waals surface area (Å²) < 4.78 is 21.2. The number of piperazine rings is 1. The smallest absolute Gasteiger partial charge is 0.339 e. The van der Waals surface area contributed by atoms with E-state index in [1.807, 2.05) is 24.6 Å². The van der Waals surface area contributed by atoms with Gasteiger partial charge in [-0.3, -0.25) is 9.69 Å². The monoisotopic (exact) mass is 479 g/mol. The number of nitrogens with zero attached hydrogens (tertiary/aromatic N) is 5. The van der Waals surface area contributed by atoms with Gasteiger partial charge in [-0.15, -0.1) is 0 Å². The Balaban J connectivity index is 1.20. The van der Waals surface area contributed by atoms with Crippen LogP contribution in [0.25, 0.3) is 11.0 Å². The number of ether oxygens (including phenoxy) is 1. The van der Waals surface area contributed by atoms with Crippen molar-refractivity contribution in [1.29, 1.82) is 0 Å². The van der Waals surface area contributed by atoms with Gasteiger partial charge in [0.15, 0.2) is 12.3 Å². The Hall–Kier alpha value is -3.33. The lowest BCUT2D eigenvalue weighted by atomic mass is 10.1. The lowest BCUT2D eigenvalue weighted by Crippen LogP contribution is -2.49. The molecule has 2 aliphatic rings. The van der Waals surface area contributed by atoms with Crippen LogP contribution in [0.15, 0.2) is 36.5 Å². The predicted molar refractivity (Wildman–Crippen MR) is 128 cm³/mol. The van der Waals surface area contributed by atoms with E-state index in [4.69, 9.17) is 9.72 Å². The van der Waals surface area contributed by atoms with Crippen LogP contribution in [-0.2, 0) is 16.1 Å². The van der Waals surface area contributed by atoms with Crippen molar-refractivity contribution in [3.05, 3.63) is 59.2 Å². The number of carbonyl (C=O) groups is 2. The van der Waals surface area contributed by atoms with E-state index in [1.165, 1.54) is 6.07 Å². The molecule has 184 valence electrons. The van der Waals surface area contributed by atoms with Gasteiger partial charge in [0.05, 0.1) is 17.1 Å². The maximum absolute atomic E-state index is 13.9. The van der Waals surface area contributed by atoms with Gasteiger partial charge in [-0.05, 0) is 38.8 Å². The van der Waals surface area contributed by atoms with Crippen molar-refractivity contribution in [3.8, 4) is 0 Å². The van der Waals surface area contributed by atoms with Crippen molar-refractivity contribution in [2.24, 2.45) is 0 Å². The number of hydrogen-bond acceptors (Lipinski definition) is 6. The van der Waals surface area contributed by atoms with Gasteiger partial charge < -0.3 is 9.64 Å². The van der Waals surface area contributed by atoms with Gasteiger partial charge in [0.2, 0.25) is 0 Å². The number of carbonyl (C=O) groups excluding carboxylic acids is 2. The summed E-state index contributed by atoms with van der Waals surface area (Å²) in [6, 6.07) is 8.64. The van der Waals surface area contributed by atoms with Gasteiger partial charge in [0.25, 0.3) is 5.91 Å². The standard InChI is InChI=1S/C26H30FN5O3/c1-17(2)32-25-21(14-28-32)20(13-23(29-25)18-7-8-18)26(34)35-16-24(33)31-11-9-30(10-12-31)15-19-5-3-4-6-22(19)27/h3-6,13-14,17-18H,7-12,15-16H2,1-2H3. The zero-order valence-corrected chi connectivity index (χ0v) is 20.1. The molecule has 1 amide bonds. The first-order valence-corrected chi connectivity index (χ1v) is 12.2. The second-order valence-corrected chi connectivity index (χ2v) is 9.61. The Bertz CT molecular complexity index is 1250. The molecule has 1 aromatic carbocycles. The molecule has 3 aromatic rings. The minimum Gasteiger partial charge on any atom is -0.452 e. The Morgan fingerprint density at radius 3 is 2.57 bits per heavy atom. The molecular formula is C26H30FN5O3. The van der Waals surface area contributed by atoms with Crippen LogP contribution in [0, 0.1) is 5.82 Å². The SMILES string of the molecule is CC(C)n1ncc2c(C(=O)OCC(=O)N3CCN(Cc4ccccc4F)CC3)cc(C3CC3)nc21. The van der Waals surface area contributed by atoms with Crippen LogP contribution in [0.1, 0.15) is 60.3 Å². The van der Waals surface area contributed by atoms with E-state index in [0.717, 1.165) is 18.5 Å². The number of aromatic nitrogens is 3. The van der Waals surface area contributed by atoms with Gasteiger partial charge in [-0.1, -0.05) is 18.2 Å². The molecular weight excluding hydrogens is 449 g/mol. The number of amides is 1. The summed E-state index contributed by atoms with van der Waals surface area (Å²) in [5.74, 6) is -0.612. The number of rotatable bonds is 7. The third-order valence-electron chi connectivity index (χ3n) is 6.69. The zero-order valence-electron chi connectivity index (χ0n) is 20.1. The molecule has 3 heterocycles. The molecule has 35 heavy (non-hydrogen) atoms. The third-order valence-corrected chi connectivity index (χ3v) is 6.69. The highest BCUT2D eigenvalue weighted by atomic mass is 19.1. The average molecular weight is 480 g/mol. The summed E-state index contributed by atoms with van der Waals surface area (Å²) in [6.45, 7) is 6.53.